The highest BCUT2D eigenvalue weighted by Crippen LogP contribution is 2.28. The van der Waals surface area contributed by atoms with Gasteiger partial charge in [0, 0.05) is 23.6 Å². The Morgan fingerprint density at radius 3 is 2.43 bits per heavy atom. The molecule has 10 heteroatoms. The van der Waals surface area contributed by atoms with Crippen LogP contribution in [0.3, 0.4) is 0 Å². The van der Waals surface area contributed by atoms with Crippen LogP contribution in [0, 0.1) is 17.0 Å². The molecule has 3 aromatic carbocycles. The van der Waals surface area contributed by atoms with Crippen molar-refractivity contribution in [2.75, 3.05) is 0 Å². The van der Waals surface area contributed by atoms with Crippen LogP contribution in [-0.4, -0.2) is 25.6 Å². The van der Waals surface area contributed by atoms with Gasteiger partial charge in [0.2, 0.25) is 5.91 Å². The van der Waals surface area contributed by atoms with Gasteiger partial charge < -0.3 is 5.32 Å². The van der Waals surface area contributed by atoms with Gasteiger partial charge in [-0.3, -0.25) is 19.5 Å². The molecule has 1 heterocycles. The number of carbonyl (C=O) groups is 1. The third-order valence-corrected chi connectivity index (χ3v) is 6.81. The van der Waals surface area contributed by atoms with Crippen LogP contribution >= 0.6 is 23.4 Å². The molecule has 178 valence electrons. The number of amides is 1. The lowest BCUT2D eigenvalue weighted by Crippen LogP contribution is -2.27. The van der Waals surface area contributed by atoms with Crippen LogP contribution in [0.15, 0.2) is 84.0 Å². The van der Waals surface area contributed by atoms with E-state index in [-0.39, 0.29) is 18.1 Å². The minimum atomic E-state index is -0.846. The summed E-state index contributed by atoms with van der Waals surface area (Å²) in [6, 6.07) is 23.3. The van der Waals surface area contributed by atoms with Gasteiger partial charge >= 0.3 is 0 Å². The quantitative estimate of drug-likeness (QED) is 0.141. The van der Waals surface area contributed by atoms with Crippen molar-refractivity contribution in [3.63, 3.8) is 0 Å². The van der Waals surface area contributed by atoms with Crippen LogP contribution in [0.25, 0.3) is 5.69 Å². The second-order valence-electron chi connectivity index (χ2n) is 7.71. The monoisotopic (exact) mass is 507 g/mol. The number of alkyl halides is 1. The molecule has 4 rings (SSSR count). The molecule has 1 unspecified atom stereocenters. The van der Waals surface area contributed by atoms with Crippen molar-refractivity contribution in [3.8, 4) is 5.69 Å². The largest absolute Gasteiger partial charge is 0.347 e. The number of thioether (sulfide) groups is 1. The molecule has 1 aromatic heterocycles. The second-order valence-corrected chi connectivity index (χ2v) is 9.09. The summed E-state index contributed by atoms with van der Waals surface area (Å²) in [5.74, 6) is 0.795. The van der Waals surface area contributed by atoms with Gasteiger partial charge in [0.1, 0.15) is 5.38 Å². The second kappa shape index (κ2) is 11.2. The van der Waals surface area contributed by atoms with Gasteiger partial charge in [-0.2, -0.15) is 0 Å². The van der Waals surface area contributed by atoms with Gasteiger partial charge in [-0.1, -0.05) is 66.4 Å². The van der Waals surface area contributed by atoms with Crippen molar-refractivity contribution >= 4 is 35.0 Å². The molecule has 0 aliphatic carbocycles. The predicted molar refractivity (Wildman–Crippen MR) is 136 cm³/mol. The van der Waals surface area contributed by atoms with E-state index in [0.717, 1.165) is 0 Å². The average molecular weight is 508 g/mol. The standard InChI is InChI=1S/C25H22ClN5O3S/c1-17-7-5-6-10-19(17)16-35-25-29-28-22(30(25)20-11-13-21(14-12-20)31(33)34)15-27-24(32)23(26)18-8-3-2-4-9-18/h2-14,23H,15-16H2,1H3,(H,27,32). The Morgan fingerprint density at radius 1 is 1.06 bits per heavy atom. The minimum Gasteiger partial charge on any atom is -0.347 e. The number of halogens is 1. The summed E-state index contributed by atoms with van der Waals surface area (Å²) < 4.78 is 1.79. The smallest absolute Gasteiger partial charge is 0.269 e. The lowest BCUT2D eigenvalue weighted by Gasteiger charge is -2.13. The maximum absolute atomic E-state index is 12.7. The highest BCUT2D eigenvalue weighted by molar-refractivity contribution is 7.98. The number of non-ortho nitro benzene ring substituents is 1. The van der Waals surface area contributed by atoms with Crippen molar-refractivity contribution in [3.05, 3.63) is 111 Å². The molecule has 0 aliphatic rings. The Bertz CT molecular complexity index is 1330. The summed E-state index contributed by atoms with van der Waals surface area (Å²) in [4.78, 5) is 23.3. The summed E-state index contributed by atoms with van der Waals surface area (Å²) in [7, 11) is 0. The maximum atomic E-state index is 12.7. The Hall–Kier alpha value is -3.69. The molecular weight excluding hydrogens is 486 g/mol. The maximum Gasteiger partial charge on any atom is 0.269 e. The van der Waals surface area contributed by atoms with Gasteiger partial charge in [0.05, 0.1) is 11.5 Å². The van der Waals surface area contributed by atoms with E-state index in [9.17, 15) is 14.9 Å². The summed E-state index contributed by atoms with van der Waals surface area (Å²) in [5.41, 5.74) is 3.67. The van der Waals surface area contributed by atoms with E-state index in [2.05, 4.69) is 21.6 Å². The number of hydrogen-bond donors (Lipinski definition) is 1. The number of nitrogens with one attached hydrogen (secondary N) is 1. The van der Waals surface area contributed by atoms with Crippen LogP contribution in [-0.2, 0) is 17.1 Å². The lowest BCUT2D eigenvalue weighted by molar-refractivity contribution is -0.384. The van der Waals surface area contributed by atoms with Crippen LogP contribution in [0.4, 0.5) is 5.69 Å². The highest BCUT2D eigenvalue weighted by Gasteiger charge is 2.20. The number of rotatable bonds is 9. The number of nitro benzene ring substituents is 1. The topological polar surface area (TPSA) is 103 Å². The Balaban J connectivity index is 1.58. The molecule has 0 fully saturated rings. The first-order chi connectivity index (χ1) is 16.9. The van der Waals surface area contributed by atoms with Gasteiger partial charge in [-0.25, -0.2) is 0 Å². The molecule has 4 aromatic rings. The minimum absolute atomic E-state index is 0.0152. The molecule has 0 saturated carbocycles. The number of carbonyl (C=O) groups excluding carboxylic acids is 1. The first-order valence-electron chi connectivity index (χ1n) is 10.8. The third-order valence-electron chi connectivity index (χ3n) is 5.38. The fraction of sp³-hybridized carbons (Fsp3) is 0.160. The molecule has 8 nitrogen and oxygen atoms in total. The molecule has 0 spiro atoms. The highest BCUT2D eigenvalue weighted by atomic mass is 35.5. The van der Waals surface area contributed by atoms with E-state index in [4.69, 9.17) is 11.6 Å². The van der Waals surface area contributed by atoms with Crippen molar-refractivity contribution in [2.45, 2.75) is 29.8 Å². The van der Waals surface area contributed by atoms with E-state index in [0.29, 0.717) is 28.0 Å². The van der Waals surface area contributed by atoms with Crippen molar-refractivity contribution in [1.82, 2.24) is 20.1 Å². The summed E-state index contributed by atoms with van der Waals surface area (Å²) >= 11 is 7.84. The number of nitrogens with zero attached hydrogens (tertiary/aromatic N) is 4. The summed E-state index contributed by atoms with van der Waals surface area (Å²) in [6.45, 7) is 2.14. The summed E-state index contributed by atoms with van der Waals surface area (Å²) in [5, 5.41) is 22.3. The van der Waals surface area contributed by atoms with Gasteiger partial charge in [-0.05, 0) is 35.7 Å². The van der Waals surface area contributed by atoms with Crippen LogP contribution in [0.1, 0.15) is 27.9 Å². The molecule has 0 bridgehead atoms. The average Bonchev–Trinajstić information content (AvgIpc) is 3.29. The van der Waals surface area contributed by atoms with Crippen LogP contribution < -0.4 is 5.32 Å². The fourth-order valence-corrected chi connectivity index (χ4v) is 4.70. The Morgan fingerprint density at radius 2 is 1.74 bits per heavy atom. The SMILES string of the molecule is Cc1ccccc1CSc1nnc(CNC(=O)C(Cl)c2ccccc2)n1-c1ccc([N+](=O)[O-])cc1. The summed E-state index contributed by atoms with van der Waals surface area (Å²) in [6.07, 6.45) is 0. The predicted octanol–water partition coefficient (Wildman–Crippen LogP) is 5.37. The zero-order valence-electron chi connectivity index (χ0n) is 18.8. The van der Waals surface area contributed by atoms with Crippen molar-refractivity contribution < 1.29 is 9.72 Å². The Labute approximate surface area is 211 Å². The fourth-order valence-electron chi connectivity index (χ4n) is 3.43. The van der Waals surface area contributed by atoms with E-state index >= 15 is 0 Å². The van der Waals surface area contributed by atoms with E-state index < -0.39 is 10.3 Å². The normalized spacial score (nSPS) is 11.7. The first-order valence-corrected chi connectivity index (χ1v) is 12.2. The third kappa shape index (κ3) is 5.87. The van der Waals surface area contributed by atoms with Gasteiger partial charge in [0.25, 0.3) is 5.69 Å². The van der Waals surface area contributed by atoms with Crippen molar-refractivity contribution in [2.24, 2.45) is 0 Å². The van der Waals surface area contributed by atoms with Gasteiger partial charge in [-0.15, -0.1) is 21.8 Å². The molecule has 0 aliphatic heterocycles. The molecule has 0 radical (unpaired) electrons. The number of nitro groups is 1. The van der Waals surface area contributed by atoms with E-state index in [1.807, 2.05) is 43.3 Å². The molecular formula is C25H22ClN5O3S. The number of aryl methyl sites for hydroxylation is 1. The number of aromatic nitrogens is 3. The molecule has 1 atom stereocenters. The zero-order chi connectivity index (χ0) is 24.8. The Kier molecular flexibility index (Phi) is 7.79. The first kappa shape index (κ1) is 24.4. The molecule has 1 amide bonds. The molecule has 35 heavy (non-hydrogen) atoms. The van der Waals surface area contributed by atoms with E-state index in [1.54, 1.807) is 28.8 Å². The van der Waals surface area contributed by atoms with Crippen LogP contribution in [0.5, 0.6) is 0 Å². The number of benzene rings is 3. The molecule has 0 saturated heterocycles. The number of hydrogen-bond acceptors (Lipinski definition) is 6. The molecule has 1 N–H and O–H groups in total. The van der Waals surface area contributed by atoms with Crippen molar-refractivity contribution in [1.29, 1.82) is 0 Å². The van der Waals surface area contributed by atoms with E-state index in [1.165, 1.54) is 35.0 Å². The van der Waals surface area contributed by atoms with Gasteiger partial charge in [0.15, 0.2) is 11.0 Å². The lowest BCUT2D eigenvalue weighted by atomic mass is 10.1. The zero-order valence-corrected chi connectivity index (χ0v) is 20.4. The van der Waals surface area contributed by atoms with Crippen LogP contribution in [0.2, 0.25) is 0 Å².